The summed E-state index contributed by atoms with van der Waals surface area (Å²) >= 11 is 0. The van der Waals surface area contributed by atoms with Crippen molar-refractivity contribution in [2.45, 2.75) is 13.3 Å². The van der Waals surface area contributed by atoms with Gasteiger partial charge in [0.1, 0.15) is 6.54 Å². The summed E-state index contributed by atoms with van der Waals surface area (Å²) in [7, 11) is 0. The first kappa shape index (κ1) is 14.7. The highest BCUT2D eigenvalue weighted by atomic mass is 16.4. The van der Waals surface area contributed by atoms with E-state index < -0.39 is 24.5 Å². The number of imide groups is 1. The van der Waals surface area contributed by atoms with Crippen molar-refractivity contribution < 1.29 is 19.5 Å². The highest BCUT2D eigenvalue weighted by Gasteiger charge is 2.21. The number of carboxylic acids is 1. The van der Waals surface area contributed by atoms with Crippen LogP contribution in [0, 0.1) is 0 Å². The molecular weight excluding hydrogens is 248 g/mol. The number of nitrogens with zero attached hydrogens (tertiary/aromatic N) is 1. The van der Waals surface area contributed by atoms with Crippen molar-refractivity contribution >= 4 is 17.9 Å². The maximum Gasteiger partial charge on any atom is 0.324 e. The van der Waals surface area contributed by atoms with Crippen molar-refractivity contribution in [2.75, 3.05) is 13.1 Å². The number of carbonyl (C=O) groups is 3. The minimum absolute atomic E-state index is 0.235. The summed E-state index contributed by atoms with van der Waals surface area (Å²) in [5, 5.41) is 10.7. The van der Waals surface area contributed by atoms with Crippen LogP contribution in [0.15, 0.2) is 30.3 Å². The van der Waals surface area contributed by atoms with E-state index in [1.807, 2.05) is 6.92 Å². The van der Waals surface area contributed by atoms with E-state index in [0.29, 0.717) is 12.0 Å². The van der Waals surface area contributed by atoms with E-state index in [4.69, 9.17) is 5.11 Å². The van der Waals surface area contributed by atoms with Gasteiger partial charge in [0.05, 0.1) is 0 Å². The number of urea groups is 1. The fourth-order valence-corrected chi connectivity index (χ4v) is 1.50. The quantitative estimate of drug-likeness (QED) is 0.840. The average Bonchev–Trinajstić information content (AvgIpc) is 2.42. The number of carboxylic acid groups (broad SMARTS) is 1. The van der Waals surface area contributed by atoms with Crippen molar-refractivity contribution in [1.29, 1.82) is 0 Å². The lowest BCUT2D eigenvalue weighted by atomic mass is 10.2. The summed E-state index contributed by atoms with van der Waals surface area (Å²) in [5.41, 5.74) is 0.390. The second-order valence-electron chi connectivity index (χ2n) is 3.88. The van der Waals surface area contributed by atoms with Crippen molar-refractivity contribution in [3.63, 3.8) is 0 Å². The molecule has 0 heterocycles. The third-order valence-corrected chi connectivity index (χ3v) is 2.35. The summed E-state index contributed by atoms with van der Waals surface area (Å²) in [6.07, 6.45) is 0.596. The Bertz CT molecular complexity index is 459. The van der Waals surface area contributed by atoms with E-state index in [9.17, 15) is 14.4 Å². The highest BCUT2D eigenvalue weighted by molar-refractivity contribution is 6.04. The number of aliphatic carboxylic acids is 1. The van der Waals surface area contributed by atoms with E-state index in [1.54, 1.807) is 30.3 Å². The van der Waals surface area contributed by atoms with Crippen LogP contribution in [0.3, 0.4) is 0 Å². The van der Waals surface area contributed by atoms with E-state index in [1.165, 1.54) is 0 Å². The van der Waals surface area contributed by atoms with E-state index in [2.05, 4.69) is 5.32 Å². The van der Waals surface area contributed by atoms with Gasteiger partial charge < -0.3 is 10.4 Å². The molecule has 0 spiro atoms. The normalized spacial score (nSPS) is 9.74. The summed E-state index contributed by atoms with van der Waals surface area (Å²) in [6, 6.07) is 7.69. The smallest absolute Gasteiger partial charge is 0.324 e. The molecule has 0 unspecified atom stereocenters. The molecule has 3 amide bonds. The van der Waals surface area contributed by atoms with Gasteiger partial charge in [-0.25, -0.2) is 4.79 Å². The summed E-state index contributed by atoms with van der Waals surface area (Å²) in [5.74, 6) is -1.60. The van der Waals surface area contributed by atoms with E-state index in [0.717, 1.165) is 4.90 Å². The van der Waals surface area contributed by atoms with Gasteiger partial charge in [-0.2, -0.15) is 0 Å². The van der Waals surface area contributed by atoms with E-state index >= 15 is 0 Å². The monoisotopic (exact) mass is 264 g/mol. The molecule has 0 aliphatic heterocycles. The van der Waals surface area contributed by atoms with Crippen LogP contribution in [-0.4, -0.2) is 41.0 Å². The number of nitrogens with one attached hydrogen (secondary N) is 1. The number of hydrogen-bond donors (Lipinski definition) is 2. The van der Waals surface area contributed by atoms with Crippen LogP contribution >= 0.6 is 0 Å². The molecule has 0 radical (unpaired) electrons. The fourth-order valence-electron chi connectivity index (χ4n) is 1.50. The predicted molar refractivity (Wildman–Crippen MR) is 68.8 cm³/mol. The van der Waals surface area contributed by atoms with Gasteiger partial charge in [-0.15, -0.1) is 0 Å². The molecule has 0 aromatic heterocycles. The fraction of sp³-hybridized carbons (Fsp3) is 0.308. The topological polar surface area (TPSA) is 86.7 Å². The molecule has 6 nitrogen and oxygen atoms in total. The first-order valence-corrected chi connectivity index (χ1v) is 5.92. The Balaban J connectivity index is 2.79. The second kappa shape index (κ2) is 7.15. The maximum absolute atomic E-state index is 12.1. The van der Waals surface area contributed by atoms with Crippen molar-refractivity contribution in [2.24, 2.45) is 0 Å². The minimum Gasteiger partial charge on any atom is -0.480 e. The number of benzene rings is 1. The van der Waals surface area contributed by atoms with Gasteiger partial charge in [-0.05, 0) is 18.6 Å². The van der Waals surface area contributed by atoms with Crippen LogP contribution < -0.4 is 5.32 Å². The van der Waals surface area contributed by atoms with Crippen molar-refractivity contribution in [3.05, 3.63) is 35.9 Å². The van der Waals surface area contributed by atoms with Crippen LogP contribution in [0.25, 0.3) is 0 Å². The van der Waals surface area contributed by atoms with Gasteiger partial charge >= 0.3 is 12.0 Å². The van der Waals surface area contributed by atoms with Crippen molar-refractivity contribution in [1.82, 2.24) is 10.2 Å². The zero-order valence-electron chi connectivity index (χ0n) is 10.6. The third-order valence-electron chi connectivity index (χ3n) is 2.35. The summed E-state index contributed by atoms with van der Waals surface area (Å²) < 4.78 is 0. The SMILES string of the molecule is CCCN(C(=O)NCC(=O)O)C(=O)c1ccccc1. The Kier molecular flexibility index (Phi) is 5.53. The maximum atomic E-state index is 12.1. The molecule has 0 atom stereocenters. The molecule has 1 aromatic carbocycles. The minimum atomic E-state index is -1.16. The molecule has 0 saturated carbocycles. The lowest BCUT2D eigenvalue weighted by Crippen LogP contribution is -2.45. The van der Waals surface area contributed by atoms with Crippen LogP contribution in [-0.2, 0) is 4.79 Å². The molecule has 102 valence electrons. The second-order valence-corrected chi connectivity index (χ2v) is 3.88. The Labute approximate surface area is 111 Å². The van der Waals surface area contributed by atoms with Gasteiger partial charge in [0, 0.05) is 12.1 Å². The molecule has 19 heavy (non-hydrogen) atoms. The molecule has 0 aliphatic carbocycles. The zero-order valence-corrected chi connectivity index (χ0v) is 10.6. The summed E-state index contributed by atoms with van der Waals surface area (Å²) in [4.78, 5) is 35.3. The number of hydrogen-bond acceptors (Lipinski definition) is 3. The lowest BCUT2D eigenvalue weighted by molar-refractivity contribution is -0.135. The largest absolute Gasteiger partial charge is 0.480 e. The lowest BCUT2D eigenvalue weighted by Gasteiger charge is -2.20. The van der Waals surface area contributed by atoms with E-state index in [-0.39, 0.29) is 6.54 Å². The molecule has 0 aliphatic rings. The van der Waals surface area contributed by atoms with Crippen LogP contribution in [0.2, 0.25) is 0 Å². The average molecular weight is 264 g/mol. The molecule has 0 bridgehead atoms. The third kappa shape index (κ3) is 4.42. The number of carbonyl (C=O) groups excluding carboxylic acids is 2. The van der Waals surface area contributed by atoms with Gasteiger partial charge in [0.2, 0.25) is 0 Å². The first-order chi connectivity index (χ1) is 9.06. The predicted octanol–water partition coefficient (Wildman–Crippen LogP) is 1.33. The van der Waals surface area contributed by atoms with Gasteiger partial charge in [0.25, 0.3) is 5.91 Å². The molecule has 6 heteroatoms. The number of amides is 3. The van der Waals surface area contributed by atoms with Crippen LogP contribution in [0.5, 0.6) is 0 Å². The van der Waals surface area contributed by atoms with Crippen LogP contribution in [0.4, 0.5) is 4.79 Å². The van der Waals surface area contributed by atoms with Crippen LogP contribution in [0.1, 0.15) is 23.7 Å². The summed E-state index contributed by atoms with van der Waals surface area (Å²) in [6.45, 7) is 1.55. The molecule has 1 aromatic rings. The zero-order chi connectivity index (χ0) is 14.3. The molecule has 0 fully saturated rings. The molecule has 0 saturated heterocycles. The molecule has 2 N–H and O–H groups in total. The Morgan fingerprint density at radius 2 is 1.84 bits per heavy atom. The number of rotatable bonds is 5. The Morgan fingerprint density at radius 3 is 2.37 bits per heavy atom. The molecular formula is C13H16N2O4. The van der Waals surface area contributed by atoms with Gasteiger partial charge in [-0.1, -0.05) is 25.1 Å². The Morgan fingerprint density at radius 1 is 1.21 bits per heavy atom. The molecule has 1 rings (SSSR count). The first-order valence-electron chi connectivity index (χ1n) is 5.92. The highest BCUT2D eigenvalue weighted by Crippen LogP contribution is 2.05. The van der Waals surface area contributed by atoms with Crippen molar-refractivity contribution in [3.8, 4) is 0 Å². The standard InChI is InChI=1S/C13H16N2O4/c1-2-8-15(13(19)14-9-11(16)17)12(18)10-6-4-3-5-7-10/h3-7H,2,8-9H2,1H3,(H,14,19)(H,16,17). The Hall–Kier alpha value is -2.37. The van der Waals surface area contributed by atoms with Gasteiger partial charge in [-0.3, -0.25) is 14.5 Å². The van der Waals surface area contributed by atoms with Gasteiger partial charge in [0.15, 0.2) is 0 Å².